The molecule has 1 aromatic heterocycles. The number of ketones is 1. The highest BCUT2D eigenvalue weighted by Crippen LogP contribution is 2.40. The van der Waals surface area contributed by atoms with Gasteiger partial charge in [-0.2, -0.15) is 0 Å². The average Bonchev–Trinajstić information content (AvgIpc) is 2.97. The second-order valence-corrected chi connectivity index (χ2v) is 9.64. The van der Waals surface area contributed by atoms with Crippen LogP contribution >= 0.6 is 0 Å². The first kappa shape index (κ1) is 20.9. The van der Waals surface area contributed by atoms with Crippen molar-refractivity contribution in [3.8, 4) is 5.75 Å². The van der Waals surface area contributed by atoms with Crippen LogP contribution in [0.3, 0.4) is 0 Å². The summed E-state index contributed by atoms with van der Waals surface area (Å²) in [6.07, 6.45) is 2.22. The lowest BCUT2D eigenvalue weighted by atomic mass is 9.77. The van der Waals surface area contributed by atoms with Gasteiger partial charge in [0.15, 0.2) is 5.78 Å². The monoisotopic (exact) mass is 390 g/mol. The number of furan rings is 1. The Morgan fingerprint density at radius 3 is 2.10 bits per heavy atom. The summed E-state index contributed by atoms with van der Waals surface area (Å²) in [5.41, 5.74) is 2.77. The largest absolute Gasteiger partial charge is 0.507 e. The first-order valence-corrected chi connectivity index (χ1v) is 9.99. The highest BCUT2D eigenvalue weighted by Gasteiger charge is 2.29. The van der Waals surface area contributed by atoms with Gasteiger partial charge in [0.2, 0.25) is 0 Å². The van der Waals surface area contributed by atoms with E-state index in [1.54, 1.807) is 6.08 Å². The van der Waals surface area contributed by atoms with Gasteiger partial charge in [-0.15, -0.1) is 6.58 Å². The van der Waals surface area contributed by atoms with Crippen LogP contribution in [0.4, 0.5) is 0 Å². The minimum atomic E-state index is -0.303. The van der Waals surface area contributed by atoms with Crippen LogP contribution in [0, 0.1) is 0 Å². The first-order chi connectivity index (χ1) is 13.4. The molecule has 0 aliphatic carbocycles. The Morgan fingerprint density at radius 2 is 1.59 bits per heavy atom. The quantitative estimate of drug-likeness (QED) is 0.399. The van der Waals surface area contributed by atoms with E-state index in [1.807, 2.05) is 77.9 Å². The van der Waals surface area contributed by atoms with Crippen molar-refractivity contribution in [3.05, 3.63) is 77.1 Å². The zero-order valence-electron chi connectivity index (χ0n) is 18.2. The number of phenols is 1. The van der Waals surface area contributed by atoms with E-state index in [2.05, 4.69) is 6.58 Å². The average molecular weight is 391 g/mol. The molecule has 152 valence electrons. The van der Waals surface area contributed by atoms with Crippen LogP contribution in [0.25, 0.3) is 11.0 Å². The molecule has 0 saturated carbocycles. The molecule has 0 unspecified atom stereocenters. The van der Waals surface area contributed by atoms with Gasteiger partial charge in [-0.25, -0.2) is 0 Å². The third-order valence-corrected chi connectivity index (χ3v) is 5.21. The summed E-state index contributed by atoms with van der Waals surface area (Å²) in [5.74, 6) is 0.793. The van der Waals surface area contributed by atoms with Crippen LogP contribution in [0.5, 0.6) is 5.75 Å². The van der Waals surface area contributed by atoms with Gasteiger partial charge in [-0.1, -0.05) is 65.8 Å². The van der Waals surface area contributed by atoms with E-state index in [0.29, 0.717) is 28.9 Å². The fraction of sp³-hybridized carbons (Fsp3) is 0.346. The summed E-state index contributed by atoms with van der Waals surface area (Å²) in [5, 5.41) is 11.8. The van der Waals surface area contributed by atoms with Gasteiger partial charge in [-0.3, -0.25) is 4.79 Å². The van der Waals surface area contributed by atoms with Gasteiger partial charge in [0.05, 0.1) is 5.56 Å². The van der Waals surface area contributed by atoms with Crippen LogP contribution in [0.2, 0.25) is 0 Å². The van der Waals surface area contributed by atoms with E-state index in [9.17, 15) is 9.90 Å². The van der Waals surface area contributed by atoms with E-state index in [4.69, 9.17) is 4.42 Å². The Bertz CT molecular complexity index is 1050. The Labute approximate surface area is 173 Å². The molecular formula is C26H30O3. The zero-order valence-corrected chi connectivity index (χ0v) is 18.2. The number of phenolic OH excluding ortho intramolecular Hbond substituents is 1. The smallest absolute Gasteiger partial charge is 0.197 e. The Kier molecular flexibility index (Phi) is 5.20. The number of para-hydroxylation sites is 1. The number of hydrogen-bond acceptors (Lipinski definition) is 3. The topological polar surface area (TPSA) is 50.4 Å². The third-order valence-electron chi connectivity index (χ3n) is 5.21. The summed E-state index contributed by atoms with van der Waals surface area (Å²) >= 11 is 0. The Balaban J connectivity index is 2.29. The van der Waals surface area contributed by atoms with Crippen molar-refractivity contribution >= 4 is 16.8 Å². The van der Waals surface area contributed by atoms with Crippen molar-refractivity contribution < 1.29 is 14.3 Å². The molecule has 0 aliphatic rings. The van der Waals surface area contributed by atoms with Gasteiger partial charge in [-0.05, 0) is 29.0 Å². The number of hydrogen-bond donors (Lipinski definition) is 1. The molecule has 29 heavy (non-hydrogen) atoms. The van der Waals surface area contributed by atoms with Crippen molar-refractivity contribution in [2.24, 2.45) is 0 Å². The molecular weight excluding hydrogens is 360 g/mol. The fourth-order valence-corrected chi connectivity index (χ4v) is 3.67. The number of allylic oxidation sites excluding steroid dienone is 1. The molecule has 3 aromatic rings. The molecule has 3 heteroatoms. The molecule has 1 N–H and O–H groups in total. The number of carbonyl (C=O) groups is 1. The highest BCUT2D eigenvalue weighted by molar-refractivity contribution is 6.17. The SMILES string of the molecule is C=CCc1oc2ccccc2c1C(=O)c1cc(C(C)(C)C)c(O)c(C(C)(C)C)c1. The standard InChI is InChI=1S/C26H30O3/c1-8-11-21-22(17-12-9-10-13-20(17)29-21)23(27)16-14-18(25(2,3)4)24(28)19(15-16)26(5,6)7/h8-10,12-15,28H,1,11H2,2-7H3. The van der Waals surface area contributed by atoms with Crippen LogP contribution < -0.4 is 0 Å². The van der Waals surface area contributed by atoms with Gasteiger partial charge in [0.25, 0.3) is 0 Å². The predicted octanol–water partition coefficient (Wildman–Crippen LogP) is 6.69. The lowest BCUT2D eigenvalue weighted by molar-refractivity contribution is 0.103. The number of fused-ring (bicyclic) bond motifs is 1. The van der Waals surface area contributed by atoms with Gasteiger partial charge < -0.3 is 9.52 Å². The van der Waals surface area contributed by atoms with E-state index in [0.717, 1.165) is 16.5 Å². The number of carbonyl (C=O) groups excluding carboxylic acids is 1. The second-order valence-electron chi connectivity index (χ2n) is 9.64. The van der Waals surface area contributed by atoms with Crippen LogP contribution in [0.1, 0.15) is 74.4 Å². The van der Waals surface area contributed by atoms with Gasteiger partial charge in [0.1, 0.15) is 17.1 Å². The molecule has 2 aromatic carbocycles. The zero-order chi connectivity index (χ0) is 21.6. The third kappa shape index (κ3) is 3.87. The molecule has 0 spiro atoms. The van der Waals surface area contributed by atoms with Crippen molar-refractivity contribution in [2.75, 3.05) is 0 Å². The van der Waals surface area contributed by atoms with E-state index in [-0.39, 0.29) is 22.4 Å². The summed E-state index contributed by atoms with van der Waals surface area (Å²) in [6, 6.07) is 11.2. The van der Waals surface area contributed by atoms with Crippen LogP contribution in [-0.4, -0.2) is 10.9 Å². The maximum atomic E-state index is 13.7. The summed E-state index contributed by atoms with van der Waals surface area (Å²) in [7, 11) is 0. The van der Waals surface area contributed by atoms with Crippen molar-refractivity contribution in [1.29, 1.82) is 0 Å². The molecule has 0 amide bonds. The predicted molar refractivity (Wildman–Crippen MR) is 119 cm³/mol. The number of rotatable bonds is 4. The maximum Gasteiger partial charge on any atom is 0.197 e. The van der Waals surface area contributed by atoms with Crippen molar-refractivity contribution in [2.45, 2.75) is 58.8 Å². The number of benzene rings is 2. The normalized spacial score (nSPS) is 12.3. The molecule has 0 fully saturated rings. The number of aromatic hydroxyl groups is 1. The summed E-state index contributed by atoms with van der Waals surface area (Å²) in [4.78, 5) is 13.7. The summed E-state index contributed by atoms with van der Waals surface area (Å²) in [6.45, 7) is 16.0. The highest BCUT2D eigenvalue weighted by atomic mass is 16.3. The van der Waals surface area contributed by atoms with Gasteiger partial charge in [0, 0.05) is 28.5 Å². The lowest BCUT2D eigenvalue weighted by Crippen LogP contribution is -2.19. The Morgan fingerprint density at radius 1 is 1.03 bits per heavy atom. The van der Waals surface area contributed by atoms with Crippen molar-refractivity contribution in [3.63, 3.8) is 0 Å². The first-order valence-electron chi connectivity index (χ1n) is 9.99. The van der Waals surface area contributed by atoms with Gasteiger partial charge >= 0.3 is 0 Å². The Hall–Kier alpha value is -2.81. The molecule has 0 radical (unpaired) electrons. The molecule has 0 bridgehead atoms. The molecule has 1 heterocycles. The minimum Gasteiger partial charge on any atom is -0.507 e. The van der Waals surface area contributed by atoms with E-state index in [1.165, 1.54) is 0 Å². The van der Waals surface area contributed by atoms with Crippen LogP contribution in [0.15, 0.2) is 53.5 Å². The summed E-state index contributed by atoms with van der Waals surface area (Å²) < 4.78 is 5.96. The lowest BCUT2D eigenvalue weighted by Gasteiger charge is -2.28. The second kappa shape index (κ2) is 7.22. The molecule has 0 atom stereocenters. The molecule has 3 rings (SSSR count). The molecule has 0 aliphatic heterocycles. The fourth-order valence-electron chi connectivity index (χ4n) is 3.67. The van der Waals surface area contributed by atoms with E-state index < -0.39 is 0 Å². The van der Waals surface area contributed by atoms with Crippen LogP contribution in [-0.2, 0) is 17.3 Å². The van der Waals surface area contributed by atoms with Crippen molar-refractivity contribution in [1.82, 2.24) is 0 Å². The molecule has 0 saturated heterocycles. The maximum absolute atomic E-state index is 13.7. The minimum absolute atomic E-state index is 0.0946. The molecule has 3 nitrogen and oxygen atoms in total. The van der Waals surface area contributed by atoms with E-state index >= 15 is 0 Å².